The summed E-state index contributed by atoms with van der Waals surface area (Å²) in [4.78, 5) is 42.8. The highest BCUT2D eigenvalue weighted by Crippen LogP contribution is 2.10. The number of hydrogen-bond donors (Lipinski definition) is 0. The Morgan fingerprint density at radius 2 is 1.53 bits per heavy atom. The number of aromatic nitrogens is 2. The van der Waals surface area contributed by atoms with Crippen molar-refractivity contribution in [3.8, 4) is 0 Å². The summed E-state index contributed by atoms with van der Waals surface area (Å²) in [5.41, 5.74) is 0. The average Bonchev–Trinajstić information content (AvgIpc) is 2.40. The molecule has 0 saturated heterocycles. The lowest BCUT2D eigenvalue weighted by Gasteiger charge is -2.12. The van der Waals surface area contributed by atoms with Crippen LogP contribution in [0.4, 0.5) is 0 Å². The number of ketones is 1. The average molecular weight is 266 g/mol. The van der Waals surface area contributed by atoms with Crippen molar-refractivity contribution in [1.82, 2.24) is 9.97 Å². The molecule has 19 heavy (non-hydrogen) atoms. The van der Waals surface area contributed by atoms with Crippen LogP contribution in [0.25, 0.3) is 0 Å². The topological polar surface area (TPSA) is 95.5 Å². The second-order valence-electron chi connectivity index (χ2n) is 3.37. The minimum atomic E-state index is -1.68. The van der Waals surface area contributed by atoms with E-state index in [1.54, 1.807) is 13.8 Å². The molecule has 1 rings (SSSR count). The summed E-state index contributed by atoms with van der Waals surface area (Å²) in [7, 11) is 0. The molecule has 0 saturated carbocycles. The number of rotatable bonds is 6. The first-order valence-corrected chi connectivity index (χ1v) is 5.76. The molecule has 0 spiro atoms. The van der Waals surface area contributed by atoms with Gasteiger partial charge in [0.05, 0.1) is 13.2 Å². The third kappa shape index (κ3) is 3.84. The molecule has 0 atom stereocenters. The molecular weight excluding hydrogens is 252 g/mol. The molecule has 7 nitrogen and oxygen atoms in total. The van der Waals surface area contributed by atoms with Gasteiger partial charge in [0.15, 0.2) is 5.82 Å². The van der Waals surface area contributed by atoms with Crippen LogP contribution in [0, 0.1) is 5.92 Å². The van der Waals surface area contributed by atoms with E-state index in [1.807, 2.05) is 0 Å². The molecule has 0 unspecified atom stereocenters. The van der Waals surface area contributed by atoms with Crippen LogP contribution in [0.15, 0.2) is 18.5 Å². The van der Waals surface area contributed by atoms with Crippen molar-refractivity contribution < 1.29 is 23.9 Å². The first-order valence-electron chi connectivity index (χ1n) is 5.76. The molecule has 0 aliphatic carbocycles. The van der Waals surface area contributed by atoms with Gasteiger partial charge in [0.2, 0.25) is 11.7 Å². The first kappa shape index (κ1) is 14.7. The van der Waals surface area contributed by atoms with E-state index in [9.17, 15) is 14.4 Å². The summed E-state index contributed by atoms with van der Waals surface area (Å²) >= 11 is 0. The van der Waals surface area contributed by atoms with E-state index in [-0.39, 0.29) is 19.0 Å². The Bertz CT molecular complexity index is 442. The standard InChI is InChI=1S/C12H14N2O5/c1-3-18-11(16)8(12(17)19-4-2)9(15)10-13-6-5-7-14-10/h5-8H,3-4H2,1-2H3. The largest absolute Gasteiger partial charge is 0.465 e. The van der Waals surface area contributed by atoms with Gasteiger partial charge in [-0.1, -0.05) is 0 Å². The van der Waals surface area contributed by atoms with Crippen molar-refractivity contribution >= 4 is 17.7 Å². The van der Waals surface area contributed by atoms with Gasteiger partial charge < -0.3 is 9.47 Å². The van der Waals surface area contributed by atoms with Crippen molar-refractivity contribution in [2.24, 2.45) is 5.92 Å². The SMILES string of the molecule is CCOC(=O)C(C(=O)OCC)C(=O)c1ncccn1. The van der Waals surface area contributed by atoms with Crippen molar-refractivity contribution in [2.75, 3.05) is 13.2 Å². The second-order valence-corrected chi connectivity index (χ2v) is 3.37. The summed E-state index contributed by atoms with van der Waals surface area (Å²) < 4.78 is 9.40. The van der Waals surface area contributed by atoms with E-state index in [1.165, 1.54) is 18.5 Å². The van der Waals surface area contributed by atoms with Gasteiger partial charge >= 0.3 is 11.9 Å². The third-order valence-electron chi connectivity index (χ3n) is 2.09. The van der Waals surface area contributed by atoms with E-state index < -0.39 is 23.6 Å². The summed E-state index contributed by atoms with van der Waals surface area (Å²) in [6, 6.07) is 1.51. The highest BCUT2D eigenvalue weighted by atomic mass is 16.6. The smallest absolute Gasteiger partial charge is 0.328 e. The normalized spacial score (nSPS) is 10.1. The number of nitrogens with zero attached hydrogens (tertiary/aromatic N) is 2. The number of ether oxygens (including phenoxy) is 2. The van der Waals surface area contributed by atoms with Gasteiger partial charge in [-0.05, 0) is 19.9 Å². The minimum absolute atomic E-state index is 0.0532. The van der Waals surface area contributed by atoms with Gasteiger partial charge in [0.25, 0.3) is 0 Å². The van der Waals surface area contributed by atoms with Crippen LogP contribution in [0.1, 0.15) is 24.5 Å². The predicted molar refractivity (Wildman–Crippen MR) is 63.1 cm³/mol. The van der Waals surface area contributed by atoms with E-state index >= 15 is 0 Å². The molecule has 0 radical (unpaired) electrons. The van der Waals surface area contributed by atoms with Gasteiger partial charge in [-0.2, -0.15) is 0 Å². The maximum absolute atomic E-state index is 12.1. The first-order chi connectivity index (χ1) is 9.11. The zero-order valence-electron chi connectivity index (χ0n) is 10.7. The Morgan fingerprint density at radius 3 is 1.95 bits per heavy atom. The monoisotopic (exact) mass is 266 g/mol. The molecule has 1 aromatic heterocycles. The quantitative estimate of drug-likeness (QED) is 0.417. The van der Waals surface area contributed by atoms with Crippen molar-refractivity contribution in [3.63, 3.8) is 0 Å². The number of carbonyl (C=O) groups is 3. The van der Waals surface area contributed by atoms with Gasteiger partial charge in [0, 0.05) is 12.4 Å². The van der Waals surface area contributed by atoms with E-state index in [4.69, 9.17) is 9.47 Å². The molecule has 1 heterocycles. The Hall–Kier alpha value is -2.31. The van der Waals surface area contributed by atoms with E-state index in [0.29, 0.717) is 0 Å². The van der Waals surface area contributed by atoms with Crippen LogP contribution in [-0.4, -0.2) is 40.9 Å². The van der Waals surface area contributed by atoms with Gasteiger partial charge in [0.1, 0.15) is 0 Å². The molecule has 1 aromatic rings. The molecule has 0 bridgehead atoms. The molecule has 7 heteroatoms. The molecule has 0 aliphatic rings. The van der Waals surface area contributed by atoms with Gasteiger partial charge in [-0.15, -0.1) is 0 Å². The van der Waals surface area contributed by atoms with Crippen LogP contribution in [0.5, 0.6) is 0 Å². The summed E-state index contributed by atoms with van der Waals surface area (Å²) in [5, 5.41) is 0. The predicted octanol–water partition coefficient (Wildman–Crippen LogP) is 0.402. The Morgan fingerprint density at radius 1 is 1.05 bits per heavy atom. The third-order valence-corrected chi connectivity index (χ3v) is 2.09. The molecule has 0 N–H and O–H groups in total. The van der Waals surface area contributed by atoms with Gasteiger partial charge in [-0.25, -0.2) is 9.97 Å². The van der Waals surface area contributed by atoms with Crippen LogP contribution < -0.4 is 0 Å². The fraction of sp³-hybridized carbons (Fsp3) is 0.417. The summed E-state index contributed by atoms with van der Waals surface area (Å²) in [5.74, 6) is -4.66. The van der Waals surface area contributed by atoms with Crippen LogP contribution >= 0.6 is 0 Å². The molecular formula is C12H14N2O5. The lowest BCUT2D eigenvalue weighted by molar-refractivity contribution is -0.158. The van der Waals surface area contributed by atoms with E-state index in [0.717, 1.165) is 0 Å². The number of hydrogen-bond acceptors (Lipinski definition) is 7. The molecule has 0 amide bonds. The number of carbonyl (C=O) groups excluding carboxylic acids is 3. The number of esters is 2. The maximum atomic E-state index is 12.1. The van der Waals surface area contributed by atoms with Crippen molar-refractivity contribution in [1.29, 1.82) is 0 Å². The molecule has 0 aromatic carbocycles. The van der Waals surface area contributed by atoms with Crippen LogP contribution in [0.3, 0.4) is 0 Å². The lowest BCUT2D eigenvalue weighted by Crippen LogP contribution is -2.35. The second kappa shape index (κ2) is 7.20. The maximum Gasteiger partial charge on any atom is 0.328 e. The zero-order chi connectivity index (χ0) is 14.3. The van der Waals surface area contributed by atoms with Crippen molar-refractivity contribution in [3.05, 3.63) is 24.3 Å². The van der Waals surface area contributed by atoms with Crippen LogP contribution in [-0.2, 0) is 19.1 Å². The molecule has 0 fully saturated rings. The fourth-order valence-electron chi connectivity index (χ4n) is 1.32. The molecule has 0 aliphatic heterocycles. The highest BCUT2D eigenvalue weighted by molar-refractivity contribution is 6.19. The fourth-order valence-corrected chi connectivity index (χ4v) is 1.32. The Labute approximate surface area is 110 Å². The minimum Gasteiger partial charge on any atom is -0.465 e. The van der Waals surface area contributed by atoms with E-state index in [2.05, 4.69) is 9.97 Å². The van der Waals surface area contributed by atoms with Crippen molar-refractivity contribution in [2.45, 2.75) is 13.8 Å². The Kier molecular flexibility index (Phi) is 5.59. The lowest BCUT2D eigenvalue weighted by atomic mass is 10.0. The summed E-state index contributed by atoms with van der Waals surface area (Å²) in [6.45, 7) is 3.25. The highest BCUT2D eigenvalue weighted by Gasteiger charge is 2.38. The number of Topliss-reactive ketones (excluding diaryl/α,β-unsaturated/α-hetero) is 1. The molecule has 102 valence electrons. The Balaban J connectivity index is 2.99. The van der Waals surface area contributed by atoms with Crippen LogP contribution in [0.2, 0.25) is 0 Å². The summed E-state index contributed by atoms with van der Waals surface area (Å²) in [6.07, 6.45) is 2.68. The zero-order valence-corrected chi connectivity index (χ0v) is 10.7. The van der Waals surface area contributed by atoms with Gasteiger partial charge in [-0.3, -0.25) is 14.4 Å².